The fourth-order valence-corrected chi connectivity index (χ4v) is 5.13. The van der Waals surface area contributed by atoms with Gasteiger partial charge in [-0.1, -0.05) is 6.92 Å². The molecule has 2 fully saturated rings. The van der Waals surface area contributed by atoms with Crippen molar-refractivity contribution in [2.24, 2.45) is 5.92 Å². The van der Waals surface area contributed by atoms with E-state index in [1.807, 2.05) is 11.3 Å². The molecule has 0 N–H and O–H groups in total. The molecule has 0 bridgehead atoms. The topological polar surface area (TPSA) is 32.3 Å². The van der Waals surface area contributed by atoms with Crippen LogP contribution in [-0.4, -0.2) is 40.5 Å². The van der Waals surface area contributed by atoms with Gasteiger partial charge in [-0.3, -0.25) is 4.90 Å². The lowest BCUT2D eigenvalue weighted by molar-refractivity contribution is 0.323. The summed E-state index contributed by atoms with van der Waals surface area (Å²) in [6.45, 7) is 13.5. The SMILES string of the molecule is Cc1sc2nc(CN3CCCC3)nc(N3CCC(C)C3C)c2c1C. The van der Waals surface area contributed by atoms with Gasteiger partial charge in [-0.2, -0.15) is 0 Å². The number of hydrogen-bond acceptors (Lipinski definition) is 5. The molecule has 0 spiro atoms. The second kappa shape index (κ2) is 6.26. The van der Waals surface area contributed by atoms with Gasteiger partial charge in [0.25, 0.3) is 0 Å². The van der Waals surface area contributed by atoms with Gasteiger partial charge in [0.1, 0.15) is 16.5 Å². The normalized spacial score (nSPS) is 25.2. The van der Waals surface area contributed by atoms with Crippen LogP contribution in [-0.2, 0) is 6.54 Å². The molecule has 4 rings (SSSR count). The molecule has 2 aliphatic rings. The van der Waals surface area contributed by atoms with Crippen LogP contribution >= 0.6 is 11.3 Å². The summed E-state index contributed by atoms with van der Waals surface area (Å²) in [7, 11) is 0. The zero-order valence-electron chi connectivity index (χ0n) is 15.3. The van der Waals surface area contributed by atoms with Crippen molar-refractivity contribution in [3.63, 3.8) is 0 Å². The predicted molar refractivity (Wildman–Crippen MR) is 102 cm³/mol. The monoisotopic (exact) mass is 344 g/mol. The Labute approximate surface area is 148 Å². The van der Waals surface area contributed by atoms with E-state index in [-0.39, 0.29) is 0 Å². The highest BCUT2D eigenvalue weighted by atomic mass is 32.1. The maximum absolute atomic E-state index is 5.09. The number of aromatic nitrogens is 2. The van der Waals surface area contributed by atoms with E-state index < -0.39 is 0 Å². The minimum Gasteiger partial charge on any atom is -0.353 e. The van der Waals surface area contributed by atoms with Crippen LogP contribution in [0.15, 0.2) is 0 Å². The van der Waals surface area contributed by atoms with Gasteiger partial charge in [-0.05, 0) is 64.6 Å². The lowest BCUT2D eigenvalue weighted by Crippen LogP contribution is -2.31. The van der Waals surface area contributed by atoms with Gasteiger partial charge in [0, 0.05) is 17.5 Å². The van der Waals surface area contributed by atoms with Crippen molar-refractivity contribution in [1.29, 1.82) is 0 Å². The molecular formula is C19H28N4S. The molecular weight excluding hydrogens is 316 g/mol. The molecule has 0 aromatic carbocycles. The van der Waals surface area contributed by atoms with Gasteiger partial charge in [0.15, 0.2) is 0 Å². The number of aryl methyl sites for hydroxylation is 2. The number of nitrogens with zero attached hydrogens (tertiary/aromatic N) is 4. The van der Waals surface area contributed by atoms with Crippen molar-refractivity contribution in [3.8, 4) is 0 Å². The highest BCUT2D eigenvalue weighted by Gasteiger charge is 2.31. The van der Waals surface area contributed by atoms with E-state index in [0.717, 1.165) is 24.8 Å². The van der Waals surface area contributed by atoms with Gasteiger partial charge in [-0.15, -0.1) is 11.3 Å². The standard InChI is InChI=1S/C19H28N4S/c1-12-7-10-23(14(12)3)18-17-13(2)15(4)24-19(17)21-16(20-18)11-22-8-5-6-9-22/h12,14H,5-11H2,1-4H3. The molecule has 2 aromatic heterocycles. The van der Waals surface area contributed by atoms with Crippen molar-refractivity contribution in [1.82, 2.24) is 14.9 Å². The quantitative estimate of drug-likeness (QED) is 0.838. The van der Waals surface area contributed by atoms with E-state index in [0.29, 0.717) is 6.04 Å². The Balaban J connectivity index is 1.79. The molecule has 0 radical (unpaired) electrons. The average molecular weight is 345 g/mol. The van der Waals surface area contributed by atoms with Crippen LogP contribution in [0, 0.1) is 19.8 Å². The Morgan fingerprint density at radius 1 is 1.08 bits per heavy atom. The van der Waals surface area contributed by atoms with Crippen LogP contribution in [0.3, 0.4) is 0 Å². The minimum atomic E-state index is 0.558. The summed E-state index contributed by atoms with van der Waals surface area (Å²) in [5.41, 5.74) is 1.37. The highest BCUT2D eigenvalue weighted by molar-refractivity contribution is 7.18. The number of hydrogen-bond donors (Lipinski definition) is 0. The van der Waals surface area contributed by atoms with E-state index in [1.165, 1.54) is 58.8 Å². The lowest BCUT2D eigenvalue weighted by Gasteiger charge is -2.26. The van der Waals surface area contributed by atoms with Gasteiger partial charge in [-0.25, -0.2) is 9.97 Å². The van der Waals surface area contributed by atoms with E-state index >= 15 is 0 Å². The van der Waals surface area contributed by atoms with E-state index in [1.54, 1.807) is 0 Å². The van der Waals surface area contributed by atoms with Gasteiger partial charge in [0.05, 0.1) is 11.9 Å². The summed E-state index contributed by atoms with van der Waals surface area (Å²) in [4.78, 5) is 17.6. The molecule has 24 heavy (non-hydrogen) atoms. The van der Waals surface area contributed by atoms with Crippen molar-refractivity contribution in [2.45, 2.75) is 59.5 Å². The summed E-state index contributed by atoms with van der Waals surface area (Å²) in [6, 6.07) is 0.558. The number of rotatable bonds is 3. The first kappa shape index (κ1) is 16.3. The van der Waals surface area contributed by atoms with Gasteiger partial charge in [0.2, 0.25) is 0 Å². The van der Waals surface area contributed by atoms with Crippen molar-refractivity contribution < 1.29 is 0 Å². The van der Waals surface area contributed by atoms with Crippen LogP contribution in [0.4, 0.5) is 5.82 Å². The van der Waals surface area contributed by atoms with Crippen molar-refractivity contribution in [2.75, 3.05) is 24.5 Å². The van der Waals surface area contributed by atoms with Crippen LogP contribution < -0.4 is 4.90 Å². The zero-order valence-corrected chi connectivity index (χ0v) is 16.1. The first-order valence-corrected chi connectivity index (χ1v) is 10.1. The first-order valence-electron chi connectivity index (χ1n) is 9.30. The summed E-state index contributed by atoms with van der Waals surface area (Å²) in [5, 5.41) is 1.30. The molecule has 4 nitrogen and oxygen atoms in total. The van der Waals surface area contributed by atoms with Crippen LogP contribution in [0.1, 0.15) is 49.4 Å². The van der Waals surface area contributed by atoms with Gasteiger partial charge < -0.3 is 4.90 Å². The molecule has 2 aliphatic heterocycles. The summed E-state index contributed by atoms with van der Waals surface area (Å²) >= 11 is 1.83. The zero-order chi connectivity index (χ0) is 16.8. The third-order valence-corrected chi connectivity index (χ3v) is 7.13. The third-order valence-electron chi connectivity index (χ3n) is 6.03. The summed E-state index contributed by atoms with van der Waals surface area (Å²) in [6.07, 6.45) is 3.89. The Kier molecular flexibility index (Phi) is 4.25. The number of likely N-dealkylation sites (tertiary alicyclic amines) is 1. The molecule has 2 unspecified atom stereocenters. The van der Waals surface area contributed by atoms with Crippen LogP contribution in [0.2, 0.25) is 0 Å². The van der Waals surface area contributed by atoms with Gasteiger partial charge >= 0.3 is 0 Å². The van der Waals surface area contributed by atoms with Crippen LogP contribution in [0.5, 0.6) is 0 Å². The molecule has 0 saturated carbocycles. The molecule has 2 atom stereocenters. The molecule has 4 heterocycles. The maximum Gasteiger partial charge on any atom is 0.146 e. The third kappa shape index (κ3) is 2.72. The highest BCUT2D eigenvalue weighted by Crippen LogP contribution is 2.38. The molecule has 0 aliphatic carbocycles. The Hall–Kier alpha value is -1.20. The van der Waals surface area contributed by atoms with E-state index in [4.69, 9.17) is 9.97 Å². The fourth-order valence-electron chi connectivity index (χ4n) is 4.08. The number of fused-ring (bicyclic) bond motifs is 1. The Morgan fingerprint density at radius 3 is 2.50 bits per heavy atom. The molecule has 0 amide bonds. The second-order valence-corrected chi connectivity index (χ2v) is 8.81. The smallest absolute Gasteiger partial charge is 0.146 e. The summed E-state index contributed by atoms with van der Waals surface area (Å²) < 4.78 is 0. The predicted octanol–water partition coefficient (Wildman–Crippen LogP) is 4.14. The number of anilines is 1. The molecule has 130 valence electrons. The van der Waals surface area contributed by atoms with E-state index in [9.17, 15) is 0 Å². The first-order chi connectivity index (χ1) is 11.5. The summed E-state index contributed by atoms with van der Waals surface area (Å²) in [5.74, 6) is 2.93. The Bertz CT molecular complexity index is 747. The molecule has 5 heteroatoms. The maximum atomic E-state index is 5.09. The Morgan fingerprint density at radius 2 is 1.83 bits per heavy atom. The van der Waals surface area contributed by atoms with Crippen LogP contribution in [0.25, 0.3) is 10.2 Å². The lowest BCUT2D eigenvalue weighted by atomic mass is 10.1. The van der Waals surface area contributed by atoms with Crippen molar-refractivity contribution >= 4 is 27.4 Å². The second-order valence-electron chi connectivity index (χ2n) is 7.61. The number of thiophene rings is 1. The fraction of sp³-hybridized carbons (Fsp3) is 0.684. The van der Waals surface area contributed by atoms with Crippen molar-refractivity contribution in [3.05, 3.63) is 16.3 Å². The average Bonchev–Trinajstić information content (AvgIpc) is 3.23. The largest absolute Gasteiger partial charge is 0.353 e. The van der Waals surface area contributed by atoms with E-state index in [2.05, 4.69) is 37.5 Å². The molecule has 2 aromatic rings. The minimum absolute atomic E-state index is 0.558. The molecule has 2 saturated heterocycles.